The zero-order valence-corrected chi connectivity index (χ0v) is 11.2. The quantitative estimate of drug-likeness (QED) is 0.425. The van der Waals surface area contributed by atoms with E-state index in [2.05, 4.69) is 0 Å². The van der Waals surface area contributed by atoms with Crippen molar-refractivity contribution in [2.75, 3.05) is 0 Å². The van der Waals surface area contributed by atoms with Crippen molar-refractivity contribution in [2.45, 2.75) is 24.7 Å². The molecular weight excluding hydrogens is 386 g/mol. The van der Waals surface area contributed by atoms with Crippen molar-refractivity contribution in [1.29, 1.82) is 0 Å². The molecule has 0 atom stereocenters. The largest absolute Gasteiger partial charge is 0.421 e. The van der Waals surface area contributed by atoms with E-state index < -0.39 is 62.3 Å². The Balaban J connectivity index is 3.90. The normalized spacial score (nSPS) is 15.1. The van der Waals surface area contributed by atoms with Gasteiger partial charge >= 0.3 is 24.7 Å². The Morgan fingerprint density at radius 2 is 0.500 bits per heavy atom. The Morgan fingerprint density at radius 1 is 0.364 bits per heavy atom. The highest BCUT2D eigenvalue weighted by Crippen LogP contribution is 2.56. The van der Waals surface area contributed by atoms with E-state index in [1.807, 2.05) is 0 Å². The van der Waals surface area contributed by atoms with Crippen LogP contribution in [0.1, 0.15) is 21.2 Å². The van der Waals surface area contributed by atoms with E-state index in [1.54, 1.807) is 0 Å². The van der Waals surface area contributed by atoms with E-state index in [0.29, 0.717) is 0 Å². The van der Waals surface area contributed by atoms with Gasteiger partial charge < -0.3 is 0 Å². The summed E-state index contributed by atoms with van der Waals surface area (Å²) in [7, 11) is -4.47. The molecule has 0 unspecified atom stereocenters. The molecule has 0 aromatic carbocycles. The summed E-state index contributed by atoms with van der Waals surface area (Å²) in [6, 6.07) is 0. The van der Waals surface area contributed by atoms with Crippen LogP contribution in [0.15, 0.2) is 0 Å². The summed E-state index contributed by atoms with van der Waals surface area (Å²) in [5.41, 5.74) is 0. The van der Waals surface area contributed by atoms with Crippen LogP contribution < -0.4 is 0 Å². The van der Waals surface area contributed by atoms with Crippen LogP contribution in [0, 0.1) is 0 Å². The van der Waals surface area contributed by atoms with Gasteiger partial charge in [0, 0.05) is 0 Å². The van der Waals surface area contributed by atoms with E-state index in [9.17, 15) is 52.7 Å². The second-order valence-electron chi connectivity index (χ2n) is 3.61. The first-order chi connectivity index (χ1) is 9.45. The highest BCUT2D eigenvalue weighted by atomic mass is 31.0. The molecule has 0 amide bonds. The lowest BCUT2D eigenvalue weighted by atomic mass is 10.4. The summed E-state index contributed by atoms with van der Waals surface area (Å²) < 4.78 is 150. The fraction of sp³-hybridized carbons (Fsp3) is 0.500. The lowest BCUT2D eigenvalue weighted by molar-refractivity contribution is -0.161. The molecule has 0 N–H and O–H groups in total. The summed E-state index contributed by atoms with van der Waals surface area (Å²) in [5.74, 6) is 0. The SMILES string of the molecule is FC(F)(F)c1pc(C(F)(F)F)c(C(F)(F)F)pc1C(F)(F)F. The van der Waals surface area contributed by atoms with E-state index in [4.69, 9.17) is 0 Å². The molecule has 1 rings (SSSR count). The summed E-state index contributed by atoms with van der Waals surface area (Å²) in [6.45, 7) is 0. The Hall–Kier alpha value is -0.760. The molecule has 1 heterocycles. The fourth-order valence-corrected chi connectivity index (χ4v) is 3.71. The zero-order valence-electron chi connectivity index (χ0n) is 9.43. The van der Waals surface area contributed by atoms with Gasteiger partial charge in [0.15, 0.2) is 0 Å². The zero-order chi connectivity index (χ0) is 17.7. The predicted octanol–water partition coefficient (Wildman–Crippen LogP) is 6.92. The molecule has 0 aliphatic heterocycles. The van der Waals surface area contributed by atoms with Gasteiger partial charge in [-0.3, -0.25) is 0 Å². The second kappa shape index (κ2) is 5.40. The average Bonchev–Trinajstić information content (AvgIpc) is 2.22. The van der Waals surface area contributed by atoms with Crippen LogP contribution in [0.2, 0.25) is 0 Å². The molecule has 126 valence electrons. The molecule has 1 aromatic heterocycles. The van der Waals surface area contributed by atoms with Crippen LogP contribution in [0.25, 0.3) is 0 Å². The summed E-state index contributed by atoms with van der Waals surface area (Å²) >= 11 is 0. The van der Waals surface area contributed by atoms with E-state index in [0.717, 1.165) is 0 Å². The maximum Gasteiger partial charge on any atom is 0.421 e. The van der Waals surface area contributed by atoms with Gasteiger partial charge in [-0.25, -0.2) is 0 Å². The minimum absolute atomic E-state index is 2.23. The van der Waals surface area contributed by atoms with Crippen LogP contribution in [0.3, 0.4) is 0 Å². The van der Waals surface area contributed by atoms with Gasteiger partial charge in [-0.2, -0.15) is 52.7 Å². The molecule has 0 fully saturated rings. The first-order valence-electron chi connectivity index (χ1n) is 4.66. The minimum Gasteiger partial charge on any atom is -0.166 e. The van der Waals surface area contributed by atoms with Crippen molar-refractivity contribution in [2.24, 2.45) is 0 Å². The molecule has 22 heavy (non-hydrogen) atoms. The van der Waals surface area contributed by atoms with Crippen LogP contribution in [0.4, 0.5) is 52.7 Å². The third-order valence-electron chi connectivity index (χ3n) is 1.97. The van der Waals surface area contributed by atoms with Crippen LogP contribution in [0.5, 0.6) is 0 Å². The van der Waals surface area contributed by atoms with Gasteiger partial charge in [-0.05, 0) is 16.4 Å². The Labute approximate surface area is 116 Å². The molecule has 0 bridgehead atoms. The van der Waals surface area contributed by atoms with Crippen molar-refractivity contribution in [3.63, 3.8) is 0 Å². The fourth-order valence-electron chi connectivity index (χ4n) is 1.23. The van der Waals surface area contributed by atoms with E-state index in [-0.39, 0.29) is 0 Å². The van der Waals surface area contributed by atoms with Gasteiger partial charge in [0.25, 0.3) is 0 Å². The number of halogens is 12. The van der Waals surface area contributed by atoms with Gasteiger partial charge in [-0.15, -0.1) is 0 Å². The topological polar surface area (TPSA) is 0 Å². The highest BCUT2D eigenvalue weighted by molar-refractivity contribution is 7.39. The van der Waals surface area contributed by atoms with Gasteiger partial charge in [0.05, 0.1) is 0 Å². The molecule has 0 aliphatic carbocycles. The number of hydrogen-bond acceptors (Lipinski definition) is 0. The number of hydrogen-bond donors (Lipinski definition) is 0. The Morgan fingerprint density at radius 3 is 0.591 bits per heavy atom. The molecule has 0 radical (unpaired) electrons. The summed E-state index contributed by atoms with van der Waals surface area (Å²) in [4.78, 5) is 0. The molecule has 0 aliphatic rings. The lowest BCUT2D eigenvalue weighted by Gasteiger charge is -2.20. The second-order valence-corrected chi connectivity index (χ2v) is 5.85. The molecule has 0 nitrogen and oxygen atoms in total. The summed E-state index contributed by atoms with van der Waals surface area (Å²) in [5, 5.41) is -10.8. The molecule has 1 aromatic rings. The highest BCUT2D eigenvalue weighted by Gasteiger charge is 2.51. The maximum absolute atomic E-state index is 12.5. The Kier molecular flexibility index (Phi) is 4.74. The van der Waals surface area contributed by atoms with Crippen molar-refractivity contribution >= 4 is 16.4 Å². The first-order valence-corrected chi connectivity index (χ1v) is 6.45. The number of alkyl halides is 12. The van der Waals surface area contributed by atoms with E-state index >= 15 is 0 Å². The minimum atomic E-state index is -5.85. The lowest BCUT2D eigenvalue weighted by Crippen LogP contribution is -2.18. The Bertz CT molecular complexity index is 462. The smallest absolute Gasteiger partial charge is 0.166 e. The molecule has 14 heteroatoms. The first kappa shape index (κ1) is 19.3. The molecule has 0 saturated carbocycles. The molecular formula is C8F12P2. The predicted molar refractivity (Wildman–Crippen MR) is 51.5 cm³/mol. The van der Waals surface area contributed by atoms with Crippen LogP contribution >= 0.6 is 16.4 Å². The third kappa shape index (κ3) is 4.16. The van der Waals surface area contributed by atoms with Crippen molar-refractivity contribution in [1.82, 2.24) is 0 Å². The third-order valence-corrected chi connectivity index (χ3v) is 5.13. The maximum atomic E-state index is 12.5. The van der Waals surface area contributed by atoms with Crippen LogP contribution in [-0.4, -0.2) is 0 Å². The van der Waals surface area contributed by atoms with Crippen molar-refractivity contribution in [3.8, 4) is 0 Å². The van der Waals surface area contributed by atoms with Crippen molar-refractivity contribution < 1.29 is 52.7 Å². The van der Waals surface area contributed by atoms with Crippen molar-refractivity contribution in [3.05, 3.63) is 21.2 Å². The monoisotopic (exact) mass is 386 g/mol. The van der Waals surface area contributed by atoms with E-state index in [1.165, 1.54) is 0 Å². The van der Waals surface area contributed by atoms with Gasteiger partial charge in [-0.1, -0.05) is 0 Å². The van der Waals surface area contributed by atoms with Gasteiger partial charge in [0.2, 0.25) is 0 Å². The molecule has 0 spiro atoms. The van der Waals surface area contributed by atoms with Gasteiger partial charge in [0.1, 0.15) is 21.2 Å². The number of rotatable bonds is 0. The van der Waals surface area contributed by atoms with Crippen LogP contribution in [-0.2, 0) is 24.7 Å². The molecule has 0 saturated heterocycles. The standard InChI is InChI=1S/C8F12P2/c9-5(10,11)1-2(6(12,13)14)22-4(8(18,19)20)3(21-1)7(15,16)17. The summed E-state index contributed by atoms with van der Waals surface area (Å²) in [6.07, 6.45) is -23.4. The average molecular weight is 386 g/mol.